The highest BCUT2D eigenvalue weighted by Crippen LogP contribution is 2.31. The predicted octanol–water partition coefficient (Wildman–Crippen LogP) is 3.73. The Morgan fingerprint density at radius 2 is 1.79 bits per heavy atom. The molecule has 28 heavy (non-hydrogen) atoms. The molecule has 0 spiro atoms. The van der Waals surface area contributed by atoms with E-state index in [2.05, 4.69) is 20.6 Å². The smallest absolute Gasteiger partial charge is 0.270 e. The van der Waals surface area contributed by atoms with Crippen LogP contribution in [-0.4, -0.2) is 30.1 Å². The lowest BCUT2D eigenvalue weighted by Gasteiger charge is -2.15. The van der Waals surface area contributed by atoms with Crippen LogP contribution in [0.4, 0.5) is 11.5 Å². The number of rotatable bonds is 7. The van der Waals surface area contributed by atoms with Crippen molar-refractivity contribution in [2.75, 3.05) is 19.5 Å². The van der Waals surface area contributed by atoms with E-state index in [-0.39, 0.29) is 17.6 Å². The zero-order valence-corrected chi connectivity index (χ0v) is 16.0. The first-order chi connectivity index (χ1) is 13.6. The minimum absolute atomic E-state index is 0.140. The Bertz CT molecular complexity index is 947. The van der Waals surface area contributed by atoms with Crippen molar-refractivity contribution < 1.29 is 14.3 Å². The molecule has 2 aromatic carbocycles. The largest absolute Gasteiger partial charge is 0.497 e. The number of benzene rings is 2. The summed E-state index contributed by atoms with van der Waals surface area (Å²) in [6, 6.07) is 16.6. The molecule has 144 valence electrons. The number of hydrogen-bond acceptors (Lipinski definition) is 6. The molecular formula is C21H22N4O3. The van der Waals surface area contributed by atoms with Crippen LogP contribution in [0, 0.1) is 0 Å². The zero-order valence-electron chi connectivity index (χ0n) is 16.0. The summed E-state index contributed by atoms with van der Waals surface area (Å²) in [5.74, 6) is 1.49. The van der Waals surface area contributed by atoms with Crippen LogP contribution in [0.15, 0.2) is 60.9 Å². The molecule has 1 heterocycles. The normalized spacial score (nSPS) is 11.4. The fourth-order valence-electron chi connectivity index (χ4n) is 2.70. The van der Waals surface area contributed by atoms with Crippen LogP contribution in [0.3, 0.4) is 0 Å². The van der Waals surface area contributed by atoms with E-state index in [0.717, 1.165) is 5.56 Å². The molecule has 0 saturated heterocycles. The van der Waals surface area contributed by atoms with Crippen LogP contribution < -0.4 is 20.1 Å². The fourth-order valence-corrected chi connectivity index (χ4v) is 2.70. The van der Waals surface area contributed by atoms with Gasteiger partial charge in [-0.15, -0.1) is 0 Å². The SMILES string of the molecule is COc1ccc(OC)c(Nc2cc(C(=O)NC(C)c3ccccc3)ncn2)c1. The molecule has 1 amide bonds. The van der Waals surface area contributed by atoms with Gasteiger partial charge in [0.1, 0.15) is 29.3 Å². The van der Waals surface area contributed by atoms with Gasteiger partial charge in [0.25, 0.3) is 5.91 Å². The molecule has 1 unspecified atom stereocenters. The van der Waals surface area contributed by atoms with Crippen molar-refractivity contribution >= 4 is 17.4 Å². The molecule has 0 radical (unpaired) electrons. The molecule has 7 nitrogen and oxygen atoms in total. The predicted molar refractivity (Wildman–Crippen MR) is 107 cm³/mol. The number of hydrogen-bond donors (Lipinski definition) is 2. The minimum atomic E-state index is -0.278. The van der Waals surface area contributed by atoms with Gasteiger partial charge in [-0.3, -0.25) is 4.79 Å². The van der Waals surface area contributed by atoms with Crippen LogP contribution in [-0.2, 0) is 0 Å². The maximum absolute atomic E-state index is 12.6. The molecule has 0 aliphatic carbocycles. The van der Waals surface area contributed by atoms with Crippen molar-refractivity contribution in [1.29, 1.82) is 0 Å². The van der Waals surface area contributed by atoms with Gasteiger partial charge in [0.15, 0.2) is 0 Å². The monoisotopic (exact) mass is 378 g/mol. The van der Waals surface area contributed by atoms with Gasteiger partial charge in [-0.2, -0.15) is 0 Å². The zero-order chi connectivity index (χ0) is 19.9. The number of anilines is 2. The van der Waals surface area contributed by atoms with E-state index < -0.39 is 0 Å². The Labute approximate surface area is 163 Å². The molecule has 7 heteroatoms. The first kappa shape index (κ1) is 19.2. The highest BCUT2D eigenvalue weighted by Gasteiger charge is 2.14. The molecule has 1 atom stereocenters. The molecular weight excluding hydrogens is 356 g/mol. The standard InChI is InChI=1S/C21H22N4O3/c1-14(15-7-5-4-6-8-15)24-21(26)18-12-20(23-13-22-18)25-17-11-16(27-2)9-10-19(17)28-3/h4-14H,1-3H3,(H,24,26)(H,22,23,25). The second-order valence-electron chi connectivity index (χ2n) is 6.09. The van der Waals surface area contributed by atoms with Crippen LogP contribution in [0.5, 0.6) is 11.5 Å². The summed E-state index contributed by atoms with van der Waals surface area (Å²) in [6.07, 6.45) is 1.34. The van der Waals surface area contributed by atoms with E-state index in [1.807, 2.05) is 37.3 Å². The molecule has 2 N–H and O–H groups in total. The summed E-state index contributed by atoms with van der Waals surface area (Å²) in [5, 5.41) is 6.08. The number of carbonyl (C=O) groups excluding carboxylic acids is 1. The minimum Gasteiger partial charge on any atom is -0.497 e. The van der Waals surface area contributed by atoms with Gasteiger partial charge in [0, 0.05) is 12.1 Å². The van der Waals surface area contributed by atoms with Crippen molar-refractivity contribution in [2.45, 2.75) is 13.0 Å². The first-order valence-corrected chi connectivity index (χ1v) is 8.77. The highest BCUT2D eigenvalue weighted by atomic mass is 16.5. The van der Waals surface area contributed by atoms with Crippen LogP contribution in [0.2, 0.25) is 0 Å². The molecule has 0 saturated carbocycles. The molecule has 1 aromatic heterocycles. The number of ether oxygens (including phenoxy) is 2. The van der Waals surface area contributed by atoms with E-state index in [9.17, 15) is 4.79 Å². The lowest BCUT2D eigenvalue weighted by molar-refractivity contribution is 0.0934. The van der Waals surface area contributed by atoms with Crippen molar-refractivity contribution in [3.63, 3.8) is 0 Å². The molecule has 0 bridgehead atoms. The molecule has 0 fully saturated rings. The van der Waals surface area contributed by atoms with Gasteiger partial charge in [-0.1, -0.05) is 30.3 Å². The number of amides is 1. The number of methoxy groups -OCH3 is 2. The average Bonchev–Trinajstić information content (AvgIpc) is 2.74. The van der Waals surface area contributed by atoms with E-state index >= 15 is 0 Å². The van der Waals surface area contributed by atoms with Crippen molar-refractivity contribution in [3.05, 3.63) is 72.2 Å². The van der Waals surface area contributed by atoms with Crippen LogP contribution in [0.25, 0.3) is 0 Å². The summed E-state index contributed by atoms with van der Waals surface area (Å²) in [4.78, 5) is 20.9. The van der Waals surface area contributed by atoms with Gasteiger partial charge >= 0.3 is 0 Å². The number of nitrogens with zero attached hydrogens (tertiary/aromatic N) is 2. The van der Waals surface area contributed by atoms with Gasteiger partial charge in [-0.05, 0) is 24.6 Å². The molecule has 3 rings (SSSR count). The van der Waals surface area contributed by atoms with E-state index in [1.54, 1.807) is 38.5 Å². The van der Waals surface area contributed by atoms with Crippen molar-refractivity contribution in [2.24, 2.45) is 0 Å². The first-order valence-electron chi connectivity index (χ1n) is 8.77. The van der Waals surface area contributed by atoms with E-state index in [1.165, 1.54) is 6.33 Å². The van der Waals surface area contributed by atoms with E-state index in [4.69, 9.17) is 9.47 Å². The summed E-state index contributed by atoms with van der Waals surface area (Å²) < 4.78 is 10.6. The van der Waals surface area contributed by atoms with Crippen molar-refractivity contribution in [3.8, 4) is 11.5 Å². The summed E-state index contributed by atoms with van der Waals surface area (Å²) in [6.45, 7) is 1.93. The summed E-state index contributed by atoms with van der Waals surface area (Å²) >= 11 is 0. The Hall–Kier alpha value is -3.61. The number of aromatic nitrogens is 2. The van der Waals surface area contributed by atoms with Gasteiger partial charge in [-0.25, -0.2) is 9.97 Å². The second-order valence-corrected chi connectivity index (χ2v) is 6.09. The van der Waals surface area contributed by atoms with Crippen molar-refractivity contribution in [1.82, 2.24) is 15.3 Å². The third kappa shape index (κ3) is 4.56. The topological polar surface area (TPSA) is 85.4 Å². The Balaban J connectivity index is 1.76. The van der Waals surface area contributed by atoms with Gasteiger partial charge in [0.05, 0.1) is 25.9 Å². The third-order valence-electron chi connectivity index (χ3n) is 4.22. The molecule has 0 aliphatic heterocycles. The Morgan fingerprint density at radius 1 is 1.00 bits per heavy atom. The fraction of sp³-hybridized carbons (Fsp3) is 0.190. The van der Waals surface area contributed by atoms with Crippen LogP contribution >= 0.6 is 0 Å². The Morgan fingerprint density at radius 3 is 2.50 bits per heavy atom. The lowest BCUT2D eigenvalue weighted by atomic mass is 10.1. The van der Waals surface area contributed by atoms with Gasteiger partial charge < -0.3 is 20.1 Å². The highest BCUT2D eigenvalue weighted by molar-refractivity contribution is 5.93. The number of nitrogens with one attached hydrogen (secondary N) is 2. The molecule has 0 aliphatic rings. The summed E-state index contributed by atoms with van der Waals surface area (Å²) in [7, 11) is 3.17. The van der Waals surface area contributed by atoms with E-state index in [0.29, 0.717) is 23.0 Å². The quantitative estimate of drug-likeness (QED) is 0.652. The maximum Gasteiger partial charge on any atom is 0.270 e. The summed E-state index contributed by atoms with van der Waals surface area (Å²) in [5.41, 5.74) is 1.95. The molecule has 3 aromatic rings. The second kappa shape index (κ2) is 8.85. The maximum atomic E-state index is 12.6. The lowest BCUT2D eigenvalue weighted by Crippen LogP contribution is -2.27. The van der Waals surface area contributed by atoms with Crippen LogP contribution in [0.1, 0.15) is 29.0 Å². The van der Waals surface area contributed by atoms with Gasteiger partial charge in [0.2, 0.25) is 0 Å². The Kier molecular flexibility index (Phi) is 6.06. The number of carbonyl (C=O) groups is 1. The average molecular weight is 378 g/mol. The third-order valence-corrected chi connectivity index (χ3v) is 4.22.